The summed E-state index contributed by atoms with van der Waals surface area (Å²) in [4.78, 5) is 15.6. The summed E-state index contributed by atoms with van der Waals surface area (Å²) in [6.07, 6.45) is 5.19. The zero-order chi connectivity index (χ0) is 14.0. The standard InChI is InChI=1S/C16H19N3O/c20-16(18-11-8-14-5-2-1-3-6-14)19-12-9-15-7-4-10-17-13-15/h1-7,10,13H,8-9,11-12H2,(H2,18,19,20). The van der Waals surface area contributed by atoms with Crippen molar-refractivity contribution in [2.75, 3.05) is 13.1 Å². The Morgan fingerprint density at radius 2 is 1.55 bits per heavy atom. The van der Waals surface area contributed by atoms with E-state index in [1.165, 1.54) is 5.56 Å². The van der Waals surface area contributed by atoms with E-state index in [1.807, 2.05) is 36.5 Å². The van der Waals surface area contributed by atoms with Gasteiger partial charge in [0.25, 0.3) is 0 Å². The van der Waals surface area contributed by atoms with Crippen LogP contribution in [0.2, 0.25) is 0 Å². The van der Waals surface area contributed by atoms with E-state index < -0.39 is 0 Å². The number of pyridine rings is 1. The summed E-state index contributed by atoms with van der Waals surface area (Å²) in [6, 6.07) is 13.9. The summed E-state index contributed by atoms with van der Waals surface area (Å²) in [6.45, 7) is 1.26. The molecular weight excluding hydrogens is 250 g/mol. The molecule has 4 nitrogen and oxygen atoms in total. The first-order valence-corrected chi connectivity index (χ1v) is 6.79. The van der Waals surface area contributed by atoms with Crippen LogP contribution in [-0.2, 0) is 12.8 Å². The van der Waals surface area contributed by atoms with E-state index in [-0.39, 0.29) is 6.03 Å². The Kier molecular flexibility index (Phi) is 5.58. The third kappa shape index (κ3) is 5.10. The maximum atomic E-state index is 11.6. The molecular formula is C16H19N3O. The highest BCUT2D eigenvalue weighted by Crippen LogP contribution is 1.98. The number of hydrogen-bond donors (Lipinski definition) is 2. The number of nitrogens with one attached hydrogen (secondary N) is 2. The summed E-state index contributed by atoms with van der Waals surface area (Å²) in [5.74, 6) is 0. The van der Waals surface area contributed by atoms with Crippen LogP contribution < -0.4 is 10.6 Å². The Bertz CT molecular complexity index is 466. The van der Waals surface area contributed by atoms with Gasteiger partial charge in [-0.1, -0.05) is 36.4 Å². The lowest BCUT2D eigenvalue weighted by molar-refractivity contribution is 0.241. The molecule has 0 atom stereocenters. The Morgan fingerprint density at radius 3 is 2.20 bits per heavy atom. The van der Waals surface area contributed by atoms with Gasteiger partial charge >= 0.3 is 6.03 Å². The van der Waals surface area contributed by atoms with Crippen LogP contribution in [-0.4, -0.2) is 24.1 Å². The van der Waals surface area contributed by atoms with E-state index in [0.29, 0.717) is 13.1 Å². The van der Waals surface area contributed by atoms with E-state index in [0.717, 1.165) is 18.4 Å². The van der Waals surface area contributed by atoms with Gasteiger partial charge in [-0.25, -0.2) is 4.79 Å². The predicted molar refractivity (Wildman–Crippen MR) is 79.5 cm³/mol. The number of hydrogen-bond acceptors (Lipinski definition) is 2. The van der Waals surface area contributed by atoms with E-state index in [9.17, 15) is 4.79 Å². The molecule has 1 aromatic heterocycles. The van der Waals surface area contributed by atoms with Crippen molar-refractivity contribution in [1.82, 2.24) is 15.6 Å². The number of nitrogens with zero attached hydrogens (tertiary/aromatic N) is 1. The molecule has 0 aliphatic heterocycles. The molecule has 0 bridgehead atoms. The molecule has 20 heavy (non-hydrogen) atoms. The number of amides is 2. The fourth-order valence-corrected chi connectivity index (χ4v) is 1.89. The molecule has 0 aliphatic carbocycles. The second kappa shape index (κ2) is 7.94. The van der Waals surface area contributed by atoms with Crippen molar-refractivity contribution < 1.29 is 4.79 Å². The van der Waals surface area contributed by atoms with Crippen LogP contribution in [0.5, 0.6) is 0 Å². The molecule has 2 N–H and O–H groups in total. The molecule has 0 unspecified atom stereocenters. The minimum Gasteiger partial charge on any atom is -0.338 e. The normalized spacial score (nSPS) is 10.0. The molecule has 0 spiro atoms. The molecule has 104 valence electrons. The lowest BCUT2D eigenvalue weighted by Gasteiger charge is -2.07. The maximum absolute atomic E-state index is 11.6. The maximum Gasteiger partial charge on any atom is 0.314 e. The summed E-state index contributed by atoms with van der Waals surface area (Å²) in [5.41, 5.74) is 2.35. The largest absolute Gasteiger partial charge is 0.338 e. The highest BCUT2D eigenvalue weighted by molar-refractivity contribution is 5.73. The van der Waals surface area contributed by atoms with Crippen molar-refractivity contribution in [3.8, 4) is 0 Å². The zero-order valence-corrected chi connectivity index (χ0v) is 11.4. The van der Waals surface area contributed by atoms with Crippen LogP contribution >= 0.6 is 0 Å². The molecule has 4 heteroatoms. The van der Waals surface area contributed by atoms with Gasteiger partial charge in [-0.2, -0.15) is 0 Å². The van der Waals surface area contributed by atoms with E-state index in [2.05, 4.69) is 27.8 Å². The summed E-state index contributed by atoms with van der Waals surface area (Å²) in [7, 11) is 0. The van der Waals surface area contributed by atoms with E-state index in [4.69, 9.17) is 0 Å². The van der Waals surface area contributed by atoms with Crippen LogP contribution in [0.4, 0.5) is 4.79 Å². The van der Waals surface area contributed by atoms with Gasteiger partial charge in [0.15, 0.2) is 0 Å². The van der Waals surface area contributed by atoms with Crippen LogP contribution in [0.15, 0.2) is 54.9 Å². The van der Waals surface area contributed by atoms with Crippen molar-refractivity contribution in [3.05, 3.63) is 66.0 Å². The van der Waals surface area contributed by atoms with Crippen LogP contribution in [0.25, 0.3) is 0 Å². The fraction of sp³-hybridized carbons (Fsp3) is 0.250. The second-order valence-electron chi connectivity index (χ2n) is 4.53. The van der Waals surface area contributed by atoms with Crippen LogP contribution in [0.1, 0.15) is 11.1 Å². The Balaban J connectivity index is 1.59. The minimum atomic E-state index is -0.121. The van der Waals surface area contributed by atoms with Crippen molar-refractivity contribution >= 4 is 6.03 Å². The molecule has 0 radical (unpaired) electrons. The van der Waals surface area contributed by atoms with Gasteiger partial charge in [0.2, 0.25) is 0 Å². The number of aromatic nitrogens is 1. The van der Waals surface area contributed by atoms with Crippen molar-refractivity contribution in [2.24, 2.45) is 0 Å². The average molecular weight is 269 g/mol. The molecule has 0 saturated carbocycles. The topological polar surface area (TPSA) is 54.0 Å². The zero-order valence-electron chi connectivity index (χ0n) is 11.4. The van der Waals surface area contributed by atoms with Gasteiger partial charge in [0.1, 0.15) is 0 Å². The molecule has 0 aliphatic rings. The molecule has 2 amide bonds. The lowest BCUT2D eigenvalue weighted by Crippen LogP contribution is -2.37. The van der Waals surface area contributed by atoms with Gasteiger partial charge in [0, 0.05) is 25.5 Å². The van der Waals surface area contributed by atoms with Gasteiger partial charge in [-0.05, 0) is 30.0 Å². The highest BCUT2D eigenvalue weighted by atomic mass is 16.2. The summed E-state index contributed by atoms with van der Waals surface area (Å²) in [5, 5.41) is 5.69. The second-order valence-corrected chi connectivity index (χ2v) is 4.53. The third-order valence-corrected chi connectivity index (χ3v) is 2.96. The van der Waals surface area contributed by atoms with Crippen LogP contribution in [0.3, 0.4) is 0 Å². The monoisotopic (exact) mass is 269 g/mol. The molecule has 1 heterocycles. The predicted octanol–water partition coefficient (Wildman–Crippen LogP) is 2.17. The first-order valence-electron chi connectivity index (χ1n) is 6.79. The van der Waals surface area contributed by atoms with Gasteiger partial charge in [0.05, 0.1) is 0 Å². The SMILES string of the molecule is O=C(NCCc1ccccc1)NCCc1cccnc1. The molecule has 0 fully saturated rings. The first-order chi connectivity index (χ1) is 9.84. The number of carbonyl (C=O) groups is 1. The van der Waals surface area contributed by atoms with E-state index in [1.54, 1.807) is 6.20 Å². The quantitative estimate of drug-likeness (QED) is 0.844. The van der Waals surface area contributed by atoms with Crippen molar-refractivity contribution in [1.29, 1.82) is 0 Å². The number of benzene rings is 1. The smallest absolute Gasteiger partial charge is 0.314 e. The molecule has 2 aromatic rings. The molecule has 2 rings (SSSR count). The molecule has 1 aromatic carbocycles. The lowest BCUT2D eigenvalue weighted by atomic mass is 10.1. The van der Waals surface area contributed by atoms with Crippen molar-refractivity contribution in [3.63, 3.8) is 0 Å². The Labute approximate surface area is 119 Å². The number of urea groups is 1. The van der Waals surface area contributed by atoms with Crippen molar-refractivity contribution in [2.45, 2.75) is 12.8 Å². The number of carbonyl (C=O) groups excluding carboxylic acids is 1. The Morgan fingerprint density at radius 1 is 0.900 bits per heavy atom. The summed E-state index contributed by atoms with van der Waals surface area (Å²) >= 11 is 0. The molecule has 0 saturated heterocycles. The summed E-state index contributed by atoms with van der Waals surface area (Å²) < 4.78 is 0. The fourth-order valence-electron chi connectivity index (χ4n) is 1.89. The van der Waals surface area contributed by atoms with E-state index >= 15 is 0 Å². The Hall–Kier alpha value is -2.36. The van der Waals surface area contributed by atoms with Gasteiger partial charge < -0.3 is 10.6 Å². The third-order valence-electron chi connectivity index (χ3n) is 2.96. The van der Waals surface area contributed by atoms with Gasteiger partial charge in [-0.3, -0.25) is 4.98 Å². The first kappa shape index (κ1) is 14.1. The highest BCUT2D eigenvalue weighted by Gasteiger charge is 1.99. The van der Waals surface area contributed by atoms with Gasteiger partial charge in [-0.15, -0.1) is 0 Å². The number of rotatable bonds is 6. The average Bonchev–Trinajstić information content (AvgIpc) is 2.49. The van der Waals surface area contributed by atoms with Crippen LogP contribution in [0, 0.1) is 0 Å². The minimum absolute atomic E-state index is 0.121.